The lowest BCUT2D eigenvalue weighted by atomic mass is 10.0. The number of benzene rings is 7. The van der Waals surface area contributed by atoms with Crippen molar-refractivity contribution in [2.24, 2.45) is 0 Å². The van der Waals surface area contributed by atoms with Crippen LogP contribution in [0, 0.1) is 0 Å². The smallest absolute Gasteiger partial charge is 0.149 e. The topological polar surface area (TPSA) is 90.6 Å². The van der Waals surface area contributed by atoms with Crippen molar-refractivity contribution < 1.29 is 0 Å². The molecule has 0 saturated heterocycles. The molecule has 0 fully saturated rings. The molecule has 0 bridgehead atoms. The number of aromatic nitrogens is 9. The monoisotopic (exact) mass is 729 g/mol. The molecule has 0 aliphatic heterocycles. The summed E-state index contributed by atoms with van der Waals surface area (Å²) in [6, 6.07) is 56.0. The van der Waals surface area contributed by atoms with Gasteiger partial charge in [-0.05, 0) is 91.0 Å². The zero-order chi connectivity index (χ0) is 37.2. The van der Waals surface area contributed by atoms with E-state index in [9.17, 15) is 0 Å². The molecule has 0 aliphatic rings. The third-order valence-corrected chi connectivity index (χ3v) is 11.1. The minimum Gasteiger partial charge on any atom is -0.276 e. The normalized spacial score (nSPS) is 12.2. The molecule has 0 radical (unpaired) electrons. The molecular weight excluding hydrogens is 703 g/mol. The number of hydrogen-bond acceptors (Lipinski definition) is 6. The van der Waals surface area contributed by atoms with Gasteiger partial charge in [0.05, 0.1) is 49.7 Å². The van der Waals surface area contributed by atoms with Crippen LogP contribution in [0.4, 0.5) is 0 Å². The first kappa shape index (κ1) is 30.3. The Bertz CT molecular complexity index is 3430. The molecule has 13 aromatic rings. The van der Waals surface area contributed by atoms with Crippen LogP contribution in [-0.2, 0) is 0 Å². The van der Waals surface area contributed by atoms with Crippen molar-refractivity contribution >= 4 is 82.8 Å². The number of imidazole rings is 3. The van der Waals surface area contributed by atoms with E-state index < -0.39 is 0 Å². The highest BCUT2D eigenvalue weighted by Crippen LogP contribution is 2.38. The van der Waals surface area contributed by atoms with Crippen LogP contribution >= 0.6 is 0 Å². The predicted molar refractivity (Wildman–Crippen MR) is 227 cm³/mol. The number of nitrogens with zero attached hydrogens (tertiary/aromatic N) is 9. The summed E-state index contributed by atoms with van der Waals surface area (Å²) >= 11 is 0. The zero-order valence-electron chi connectivity index (χ0n) is 30.1. The van der Waals surface area contributed by atoms with Gasteiger partial charge < -0.3 is 0 Å². The third-order valence-electron chi connectivity index (χ3n) is 11.1. The van der Waals surface area contributed by atoms with Crippen LogP contribution < -0.4 is 0 Å². The quantitative estimate of drug-likeness (QED) is 0.180. The van der Waals surface area contributed by atoms with Gasteiger partial charge in [0.15, 0.2) is 0 Å². The van der Waals surface area contributed by atoms with Gasteiger partial charge in [0, 0.05) is 32.8 Å². The van der Waals surface area contributed by atoms with Crippen LogP contribution in [0.2, 0.25) is 0 Å². The molecule has 0 spiro atoms. The predicted octanol–water partition coefficient (Wildman–Crippen LogP) is 10.7. The highest BCUT2D eigenvalue weighted by molar-refractivity contribution is 6.02. The van der Waals surface area contributed by atoms with E-state index in [1.54, 1.807) is 0 Å². The number of rotatable bonds is 3. The van der Waals surface area contributed by atoms with E-state index in [1.807, 2.05) is 54.6 Å². The van der Waals surface area contributed by atoms with E-state index in [1.165, 1.54) is 0 Å². The van der Waals surface area contributed by atoms with Crippen molar-refractivity contribution in [3.63, 3.8) is 0 Å². The molecule has 7 aromatic carbocycles. The summed E-state index contributed by atoms with van der Waals surface area (Å²) < 4.78 is 6.56. The largest absolute Gasteiger partial charge is 0.276 e. The van der Waals surface area contributed by atoms with Crippen molar-refractivity contribution in [1.29, 1.82) is 0 Å². The minimum atomic E-state index is 0.764. The van der Waals surface area contributed by atoms with Gasteiger partial charge in [0.2, 0.25) is 0 Å². The Morgan fingerprint density at radius 3 is 0.842 bits per heavy atom. The lowest BCUT2D eigenvalue weighted by molar-refractivity contribution is 1.14. The summed E-state index contributed by atoms with van der Waals surface area (Å²) in [7, 11) is 0. The van der Waals surface area contributed by atoms with Gasteiger partial charge in [-0.3, -0.25) is 13.2 Å². The molecule has 0 amide bonds. The fourth-order valence-corrected chi connectivity index (χ4v) is 8.63. The second-order valence-electron chi connectivity index (χ2n) is 14.4. The van der Waals surface area contributed by atoms with E-state index in [0.717, 1.165) is 117 Å². The maximum absolute atomic E-state index is 5.41. The third kappa shape index (κ3) is 4.27. The summed E-state index contributed by atoms with van der Waals surface area (Å²) in [4.78, 5) is 31.7. The summed E-state index contributed by atoms with van der Waals surface area (Å²) in [6.07, 6.45) is 0. The maximum atomic E-state index is 5.41. The van der Waals surface area contributed by atoms with Crippen LogP contribution in [0.5, 0.6) is 0 Å². The van der Waals surface area contributed by atoms with E-state index in [-0.39, 0.29) is 0 Å². The van der Waals surface area contributed by atoms with E-state index in [0.29, 0.717) is 0 Å². The molecule has 0 unspecified atom stereocenters. The fraction of sp³-hybridized carbons (Fsp3) is 0. The first-order valence-electron chi connectivity index (χ1n) is 18.9. The Balaban J connectivity index is 1.22. The number of para-hydroxylation sites is 9. The Kier molecular flexibility index (Phi) is 5.98. The number of hydrogen-bond donors (Lipinski definition) is 0. The molecule has 0 saturated carbocycles. The lowest BCUT2D eigenvalue weighted by Crippen LogP contribution is -2.03. The molecule has 57 heavy (non-hydrogen) atoms. The molecule has 6 heterocycles. The molecule has 0 atom stereocenters. The van der Waals surface area contributed by atoms with Crippen LogP contribution in [0.3, 0.4) is 0 Å². The van der Waals surface area contributed by atoms with Crippen LogP contribution in [-0.4, -0.2) is 43.1 Å². The molecule has 6 aromatic heterocycles. The molecule has 13 rings (SSSR count). The van der Waals surface area contributed by atoms with Gasteiger partial charge >= 0.3 is 0 Å². The van der Waals surface area contributed by atoms with Crippen LogP contribution in [0.1, 0.15) is 0 Å². The van der Waals surface area contributed by atoms with Crippen molar-refractivity contribution in [3.8, 4) is 34.2 Å². The highest BCUT2D eigenvalue weighted by Gasteiger charge is 2.22. The first-order valence-corrected chi connectivity index (χ1v) is 18.9. The van der Waals surface area contributed by atoms with Crippen LogP contribution in [0.25, 0.3) is 117 Å². The summed E-state index contributed by atoms with van der Waals surface area (Å²) in [5.41, 5.74) is 13.4. The van der Waals surface area contributed by atoms with Crippen molar-refractivity contribution in [3.05, 3.63) is 164 Å². The highest BCUT2D eigenvalue weighted by atomic mass is 15.1. The van der Waals surface area contributed by atoms with Crippen molar-refractivity contribution in [2.75, 3.05) is 0 Å². The SMILES string of the molecule is c1ccc2c(c1)nc(-c1cc(-c3nc4ccccc4c4nc5ccccc5n34)cc(-c3nc4ccccc4c4nc5ccccc5n34)c1)n1c3ccccc3nc21. The summed E-state index contributed by atoms with van der Waals surface area (Å²) in [5.74, 6) is 2.29. The minimum absolute atomic E-state index is 0.764. The molecular formula is C48H27N9. The molecule has 0 aliphatic carbocycles. The Labute approximate surface area is 322 Å². The van der Waals surface area contributed by atoms with Gasteiger partial charge in [0.25, 0.3) is 0 Å². The van der Waals surface area contributed by atoms with Gasteiger partial charge in [-0.15, -0.1) is 0 Å². The van der Waals surface area contributed by atoms with Crippen LogP contribution in [0.15, 0.2) is 164 Å². The number of fused-ring (bicyclic) bond motifs is 15. The second kappa shape index (κ2) is 11.2. The van der Waals surface area contributed by atoms with Gasteiger partial charge in [-0.25, -0.2) is 29.9 Å². The van der Waals surface area contributed by atoms with Crippen molar-refractivity contribution in [1.82, 2.24) is 43.1 Å². The van der Waals surface area contributed by atoms with E-state index in [4.69, 9.17) is 29.9 Å². The molecule has 264 valence electrons. The van der Waals surface area contributed by atoms with Gasteiger partial charge in [0.1, 0.15) is 34.4 Å². The molecule has 0 N–H and O–H groups in total. The molecule has 9 heteroatoms. The van der Waals surface area contributed by atoms with E-state index >= 15 is 0 Å². The Hall–Kier alpha value is -8.04. The zero-order valence-corrected chi connectivity index (χ0v) is 30.1. The Morgan fingerprint density at radius 2 is 0.526 bits per heavy atom. The van der Waals surface area contributed by atoms with Gasteiger partial charge in [-0.2, -0.15) is 0 Å². The molecule has 9 nitrogen and oxygen atoms in total. The summed E-state index contributed by atoms with van der Waals surface area (Å²) in [5, 5.41) is 2.96. The van der Waals surface area contributed by atoms with E-state index in [2.05, 4.69) is 122 Å². The lowest BCUT2D eigenvalue weighted by Gasteiger charge is -2.16. The average molecular weight is 730 g/mol. The second-order valence-corrected chi connectivity index (χ2v) is 14.4. The fourth-order valence-electron chi connectivity index (χ4n) is 8.63. The average Bonchev–Trinajstić information content (AvgIpc) is 3.98. The maximum Gasteiger partial charge on any atom is 0.149 e. The first-order chi connectivity index (χ1) is 28.2. The Morgan fingerprint density at radius 1 is 0.263 bits per heavy atom. The standard InChI is InChI=1S/C48H27N9/c1-4-16-34-31(13-1)46-52-37-19-7-10-22-40(37)55(46)43(49-34)28-25-29(44-50-35-17-5-2-14-32(35)47-53-38-20-8-11-23-41(38)56(44)47)27-30(26-28)45-51-36-18-6-3-15-33(36)48-54-39-21-9-12-24-42(39)57(45)48/h1-27H. The van der Waals surface area contributed by atoms with Gasteiger partial charge in [-0.1, -0.05) is 72.8 Å². The summed E-state index contributed by atoms with van der Waals surface area (Å²) in [6.45, 7) is 0. The van der Waals surface area contributed by atoms with Crippen molar-refractivity contribution in [2.45, 2.75) is 0 Å².